The average Bonchev–Trinajstić information content (AvgIpc) is 2.98. The number of carbonyl (C=O) groups excluding carboxylic acids is 1. The fourth-order valence-electron chi connectivity index (χ4n) is 2.78. The Kier molecular flexibility index (Phi) is 5.74. The predicted molar refractivity (Wildman–Crippen MR) is 102 cm³/mol. The van der Waals surface area contributed by atoms with Gasteiger partial charge in [-0.2, -0.15) is 5.26 Å². The molecule has 140 valence electrons. The minimum Gasteiger partial charge on any atom is -0.497 e. The number of ether oxygens (including phenoxy) is 2. The summed E-state index contributed by atoms with van der Waals surface area (Å²) in [5.41, 5.74) is 0.532. The minimum absolute atomic E-state index is 0.0215. The molecule has 27 heavy (non-hydrogen) atoms. The van der Waals surface area contributed by atoms with E-state index in [4.69, 9.17) is 9.47 Å². The molecule has 7 nitrogen and oxygen atoms in total. The second kappa shape index (κ2) is 8.20. The van der Waals surface area contributed by atoms with Crippen LogP contribution in [0.25, 0.3) is 11.6 Å². The molecule has 0 N–H and O–H groups in total. The van der Waals surface area contributed by atoms with Gasteiger partial charge in [-0.05, 0) is 23.8 Å². The highest BCUT2D eigenvalue weighted by Gasteiger charge is 2.22. The zero-order valence-corrected chi connectivity index (χ0v) is 15.9. The lowest BCUT2D eigenvalue weighted by Crippen LogP contribution is -2.42. The van der Waals surface area contributed by atoms with E-state index in [1.54, 1.807) is 25.1 Å². The van der Waals surface area contributed by atoms with E-state index >= 15 is 0 Å². The van der Waals surface area contributed by atoms with Crippen LogP contribution in [0.3, 0.4) is 0 Å². The van der Waals surface area contributed by atoms with Crippen LogP contribution in [-0.4, -0.2) is 48.8 Å². The van der Waals surface area contributed by atoms with Crippen LogP contribution in [0.2, 0.25) is 0 Å². The van der Waals surface area contributed by atoms with Crippen LogP contribution in [0.15, 0.2) is 29.1 Å². The number of aromatic nitrogens is 1. The fourth-order valence-corrected chi connectivity index (χ4v) is 3.86. The van der Waals surface area contributed by atoms with E-state index in [9.17, 15) is 14.9 Å². The fraction of sp³-hybridized carbons (Fsp3) is 0.316. The van der Waals surface area contributed by atoms with E-state index in [2.05, 4.69) is 0 Å². The Balaban J connectivity index is 2.11. The second-order valence-electron chi connectivity index (χ2n) is 5.95. The molecular weight excluding hydrogens is 366 g/mol. The maximum Gasteiger partial charge on any atom is 0.268 e. The first-order valence-corrected chi connectivity index (χ1v) is 9.20. The van der Waals surface area contributed by atoms with E-state index in [1.165, 1.54) is 4.57 Å². The van der Waals surface area contributed by atoms with Gasteiger partial charge in [-0.15, -0.1) is 11.3 Å². The van der Waals surface area contributed by atoms with Gasteiger partial charge in [0.05, 0.1) is 24.9 Å². The van der Waals surface area contributed by atoms with Gasteiger partial charge in [0.25, 0.3) is 11.5 Å². The number of amides is 1. The Bertz CT molecular complexity index is 1070. The largest absolute Gasteiger partial charge is 0.497 e. The van der Waals surface area contributed by atoms with Crippen molar-refractivity contribution in [2.45, 2.75) is 0 Å². The van der Waals surface area contributed by atoms with Gasteiger partial charge in [0.15, 0.2) is 5.57 Å². The van der Waals surface area contributed by atoms with Crippen LogP contribution < -0.4 is 19.5 Å². The first kappa shape index (κ1) is 18.9. The quantitative estimate of drug-likeness (QED) is 0.732. The molecule has 0 unspecified atom stereocenters. The van der Waals surface area contributed by atoms with Gasteiger partial charge in [0.1, 0.15) is 16.5 Å². The van der Waals surface area contributed by atoms with E-state index in [0.717, 1.165) is 16.9 Å². The molecule has 1 aromatic heterocycles. The van der Waals surface area contributed by atoms with Crippen LogP contribution in [0.1, 0.15) is 5.56 Å². The molecule has 0 aliphatic carbocycles. The second-order valence-corrected chi connectivity index (χ2v) is 6.98. The van der Waals surface area contributed by atoms with Gasteiger partial charge >= 0.3 is 0 Å². The zero-order valence-electron chi connectivity index (χ0n) is 15.1. The van der Waals surface area contributed by atoms with E-state index in [-0.39, 0.29) is 17.0 Å². The molecule has 3 rings (SSSR count). The monoisotopic (exact) mass is 385 g/mol. The standard InChI is InChI=1S/C19H19N3O4S/c1-21-18(24)16(11-13-4-3-5-14(10-13)25-2)27-19(21)15(12-20)17(23)22-6-8-26-9-7-22/h3-5,10-11H,6-9H2,1-2H3/b16-11-,19-15-. The summed E-state index contributed by atoms with van der Waals surface area (Å²) < 4.78 is 12.6. The van der Waals surface area contributed by atoms with Crippen molar-refractivity contribution in [1.82, 2.24) is 9.47 Å². The van der Waals surface area contributed by atoms with Gasteiger partial charge in [0, 0.05) is 20.1 Å². The third-order valence-electron chi connectivity index (χ3n) is 4.26. The highest BCUT2D eigenvalue weighted by Crippen LogP contribution is 2.12. The van der Waals surface area contributed by atoms with Crippen molar-refractivity contribution < 1.29 is 14.3 Å². The van der Waals surface area contributed by atoms with Crippen molar-refractivity contribution in [3.05, 3.63) is 49.4 Å². The summed E-state index contributed by atoms with van der Waals surface area (Å²) in [4.78, 5) is 26.9. The molecule has 1 aliphatic heterocycles. The molecule has 1 aliphatic rings. The topological polar surface area (TPSA) is 84.6 Å². The van der Waals surface area contributed by atoms with Crippen LogP contribution >= 0.6 is 11.3 Å². The van der Waals surface area contributed by atoms with Crippen LogP contribution in [0, 0.1) is 11.3 Å². The lowest BCUT2D eigenvalue weighted by atomic mass is 10.2. The SMILES string of the molecule is COc1cccc(/C=c2\s/c(=C(/C#N)C(=O)N3CCOCC3)n(C)c2=O)c1. The van der Waals surface area contributed by atoms with Gasteiger partial charge in [-0.3, -0.25) is 9.59 Å². The number of rotatable bonds is 3. The molecule has 0 atom stereocenters. The normalized spacial score (nSPS) is 16.0. The minimum atomic E-state index is -0.370. The number of morpholine rings is 1. The molecular formula is C19H19N3O4S. The van der Waals surface area contributed by atoms with Gasteiger partial charge in [0.2, 0.25) is 0 Å². The van der Waals surface area contributed by atoms with Gasteiger partial charge in [-0.25, -0.2) is 0 Å². The summed E-state index contributed by atoms with van der Waals surface area (Å²) in [6, 6.07) is 9.30. The predicted octanol–water partition coefficient (Wildman–Crippen LogP) is -0.183. The lowest BCUT2D eigenvalue weighted by Gasteiger charge is -2.26. The first-order valence-electron chi connectivity index (χ1n) is 8.38. The van der Waals surface area contributed by atoms with Crippen LogP contribution in [0.4, 0.5) is 0 Å². The van der Waals surface area contributed by atoms with Crippen molar-refractivity contribution >= 4 is 28.9 Å². The maximum atomic E-state index is 12.7. The van der Waals surface area contributed by atoms with E-state index in [1.807, 2.05) is 30.3 Å². The third kappa shape index (κ3) is 3.94. The molecule has 0 saturated carbocycles. The Morgan fingerprint density at radius 3 is 2.78 bits per heavy atom. The molecule has 1 aromatic carbocycles. The van der Waals surface area contributed by atoms with E-state index < -0.39 is 0 Å². The summed E-state index contributed by atoms with van der Waals surface area (Å²) in [5, 5.41) is 9.56. The Morgan fingerprint density at radius 2 is 2.11 bits per heavy atom. The smallest absolute Gasteiger partial charge is 0.268 e. The summed E-state index contributed by atoms with van der Waals surface area (Å²) in [7, 11) is 3.15. The number of methoxy groups -OCH3 is 1. The summed E-state index contributed by atoms with van der Waals surface area (Å²) in [5.74, 6) is 0.315. The third-order valence-corrected chi connectivity index (χ3v) is 5.44. The molecule has 8 heteroatoms. The zero-order chi connectivity index (χ0) is 19.4. The Morgan fingerprint density at radius 1 is 1.37 bits per heavy atom. The highest BCUT2D eigenvalue weighted by atomic mass is 32.1. The average molecular weight is 385 g/mol. The van der Waals surface area contributed by atoms with Crippen molar-refractivity contribution in [3.63, 3.8) is 0 Å². The molecule has 0 spiro atoms. The number of hydrogen-bond donors (Lipinski definition) is 0. The first-order chi connectivity index (χ1) is 13.0. The Hall–Kier alpha value is -2.89. The van der Waals surface area contributed by atoms with Crippen molar-refractivity contribution in [3.8, 4) is 11.8 Å². The number of hydrogen-bond acceptors (Lipinski definition) is 6. The maximum absolute atomic E-state index is 12.7. The van der Waals surface area contributed by atoms with Crippen LogP contribution in [0.5, 0.6) is 5.75 Å². The number of benzene rings is 1. The number of carbonyl (C=O) groups is 1. The van der Waals surface area contributed by atoms with Crippen molar-refractivity contribution in [2.24, 2.45) is 7.05 Å². The van der Waals surface area contributed by atoms with Gasteiger partial charge in [-0.1, -0.05) is 12.1 Å². The van der Waals surface area contributed by atoms with Crippen molar-refractivity contribution in [2.75, 3.05) is 33.4 Å². The number of thiazole rings is 1. The lowest BCUT2D eigenvalue weighted by molar-refractivity contribution is -0.128. The Labute approximate surface area is 160 Å². The summed E-state index contributed by atoms with van der Waals surface area (Å²) in [6.45, 7) is 1.77. The molecule has 1 amide bonds. The highest BCUT2D eigenvalue weighted by molar-refractivity contribution is 7.07. The summed E-state index contributed by atoms with van der Waals surface area (Å²) >= 11 is 1.14. The molecule has 1 fully saturated rings. The van der Waals surface area contributed by atoms with Gasteiger partial charge < -0.3 is 18.9 Å². The number of nitriles is 1. The summed E-state index contributed by atoms with van der Waals surface area (Å²) in [6.07, 6.45) is 1.73. The molecule has 1 saturated heterocycles. The van der Waals surface area contributed by atoms with E-state index in [0.29, 0.717) is 41.2 Å². The van der Waals surface area contributed by atoms with Crippen LogP contribution in [-0.2, 0) is 16.6 Å². The molecule has 2 aromatic rings. The molecule has 2 heterocycles. The number of nitrogens with zero attached hydrogens (tertiary/aromatic N) is 3. The molecule has 0 radical (unpaired) electrons. The molecule has 0 bridgehead atoms. The van der Waals surface area contributed by atoms with Crippen molar-refractivity contribution in [1.29, 1.82) is 5.26 Å².